The Kier molecular flexibility index (Phi) is 5.80. The standard InChI is InChI=1S/C12H22N4O2/c1-8(2)9(6-17)14-11-5-10(13-3)15-12(16-11)7-18-4/h5,8-9,17H,6-7H2,1-4H3,(H2,13,14,15,16). The zero-order valence-corrected chi connectivity index (χ0v) is 11.4. The second-order valence-electron chi connectivity index (χ2n) is 4.42. The molecule has 18 heavy (non-hydrogen) atoms. The molecule has 1 aromatic rings. The Morgan fingerprint density at radius 1 is 1.33 bits per heavy atom. The number of methoxy groups -OCH3 is 1. The number of aliphatic hydroxyl groups excluding tert-OH is 1. The van der Waals surface area contributed by atoms with Gasteiger partial charge in [-0.3, -0.25) is 0 Å². The largest absolute Gasteiger partial charge is 0.394 e. The van der Waals surface area contributed by atoms with E-state index in [0.717, 1.165) is 5.82 Å². The molecule has 0 saturated heterocycles. The Morgan fingerprint density at radius 3 is 2.50 bits per heavy atom. The van der Waals surface area contributed by atoms with Gasteiger partial charge in [-0.1, -0.05) is 13.8 Å². The highest BCUT2D eigenvalue weighted by Gasteiger charge is 2.13. The van der Waals surface area contributed by atoms with Crippen LogP contribution in [-0.2, 0) is 11.3 Å². The average Bonchev–Trinajstić information content (AvgIpc) is 2.35. The molecule has 0 aliphatic heterocycles. The second-order valence-corrected chi connectivity index (χ2v) is 4.42. The van der Waals surface area contributed by atoms with Crippen LogP contribution in [0.15, 0.2) is 6.07 Å². The maximum absolute atomic E-state index is 9.31. The van der Waals surface area contributed by atoms with Gasteiger partial charge in [0.05, 0.1) is 12.6 Å². The lowest BCUT2D eigenvalue weighted by molar-refractivity contribution is 0.178. The van der Waals surface area contributed by atoms with Crippen LogP contribution >= 0.6 is 0 Å². The van der Waals surface area contributed by atoms with Crippen LogP contribution in [0.5, 0.6) is 0 Å². The Hall–Kier alpha value is -1.40. The van der Waals surface area contributed by atoms with Crippen LogP contribution < -0.4 is 10.6 Å². The lowest BCUT2D eigenvalue weighted by Crippen LogP contribution is -2.30. The minimum Gasteiger partial charge on any atom is -0.394 e. The fourth-order valence-electron chi connectivity index (χ4n) is 1.51. The number of aliphatic hydroxyl groups is 1. The summed E-state index contributed by atoms with van der Waals surface area (Å²) in [6.07, 6.45) is 0. The molecular formula is C12H22N4O2. The third-order valence-corrected chi connectivity index (χ3v) is 2.64. The molecule has 0 bridgehead atoms. The van der Waals surface area contributed by atoms with E-state index in [1.165, 1.54) is 0 Å². The van der Waals surface area contributed by atoms with Gasteiger partial charge in [0.1, 0.15) is 18.2 Å². The molecule has 1 atom stereocenters. The van der Waals surface area contributed by atoms with E-state index in [9.17, 15) is 5.11 Å². The molecule has 6 nitrogen and oxygen atoms in total. The number of ether oxygens (including phenoxy) is 1. The highest BCUT2D eigenvalue weighted by Crippen LogP contribution is 2.14. The molecule has 0 amide bonds. The predicted octanol–water partition coefficient (Wildman–Crippen LogP) is 1.09. The first-order chi connectivity index (χ1) is 8.60. The minimum atomic E-state index is -0.0278. The third kappa shape index (κ3) is 4.12. The van der Waals surface area contributed by atoms with Gasteiger partial charge < -0.3 is 20.5 Å². The van der Waals surface area contributed by atoms with Crippen molar-refractivity contribution in [3.05, 3.63) is 11.9 Å². The van der Waals surface area contributed by atoms with Crippen LogP contribution in [0, 0.1) is 5.92 Å². The van der Waals surface area contributed by atoms with E-state index in [0.29, 0.717) is 24.2 Å². The van der Waals surface area contributed by atoms with Crippen molar-refractivity contribution in [1.82, 2.24) is 9.97 Å². The zero-order chi connectivity index (χ0) is 13.5. The Morgan fingerprint density at radius 2 is 2.00 bits per heavy atom. The maximum atomic E-state index is 9.31. The normalized spacial score (nSPS) is 12.6. The van der Waals surface area contributed by atoms with Crippen LogP contribution in [0.3, 0.4) is 0 Å². The molecule has 0 aliphatic carbocycles. The van der Waals surface area contributed by atoms with Gasteiger partial charge in [-0.05, 0) is 5.92 Å². The quantitative estimate of drug-likeness (QED) is 0.676. The first-order valence-corrected chi connectivity index (χ1v) is 6.02. The lowest BCUT2D eigenvalue weighted by Gasteiger charge is -2.21. The fourth-order valence-corrected chi connectivity index (χ4v) is 1.51. The van der Waals surface area contributed by atoms with Gasteiger partial charge in [0, 0.05) is 20.2 Å². The van der Waals surface area contributed by atoms with Crippen LogP contribution in [0.25, 0.3) is 0 Å². The highest BCUT2D eigenvalue weighted by atomic mass is 16.5. The summed E-state index contributed by atoms with van der Waals surface area (Å²) < 4.78 is 5.03. The van der Waals surface area contributed by atoms with Crippen molar-refractivity contribution >= 4 is 11.6 Å². The average molecular weight is 254 g/mol. The molecule has 0 aromatic carbocycles. The van der Waals surface area contributed by atoms with Crippen molar-refractivity contribution in [3.63, 3.8) is 0 Å². The van der Waals surface area contributed by atoms with Gasteiger partial charge in [-0.2, -0.15) is 0 Å². The smallest absolute Gasteiger partial charge is 0.158 e. The Labute approximate surface area is 108 Å². The van der Waals surface area contributed by atoms with Gasteiger partial charge >= 0.3 is 0 Å². The molecule has 0 spiro atoms. The summed E-state index contributed by atoms with van der Waals surface area (Å²) in [5.74, 6) is 2.33. The van der Waals surface area contributed by atoms with Crippen molar-refractivity contribution in [2.24, 2.45) is 5.92 Å². The summed E-state index contributed by atoms with van der Waals surface area (Å²) in [4.78, 5) is 8.61. The van der Waals surface area contributed by atoms with Crippen molar-refractivity contribution < 1.29 is 9.84 Å². The van der Waals surface area contributed by atoms with Crippen molar-refractivity contribution in [2.45, 2.75) is 26.5 Å². The SMILES string of the molecule is CNc1cc(NC(CO)C(C)C)nc(COC)n1. The van der Waals surface area contributed by atoms with Gasteiger partial charge in [0.2, 0.25) is 0 Å². The van der Waals surface area contributed by atoms with E-state index >= 15 is 0 Å². The highest BCUT2D eigenvalue weighted by molar-refractivity contribution is 5.47. The number of hydrogen-bond acceptors (Lipinski definition) is 6. The summed E-state index contributed by atoms with van der Waals surface area (Å²) in [7, 11) is 3.40. The molecular weight excluding hydrogens is 232 g/mol. The lowest BCUT2D eigenvalue weighted by atomic mass is 10.1. The third-order valence-electron chi connectivity index (χ3n) is 2.64. The van der Waals surface area contributed by atoms with Gasteiger partial charge in [0.15, 0.2) is 5.82 Å². The molecule has 1 unspecified atom stereocenters. The molecule has 3 N–H and O–H groups in total. The number of hydrogen-bond donors (Lipinski definition) is 3. The van der Waals surface area contributed by atoms with Gasteiger partial charge in [0.25, 0.3) is 0 Å². The Balaban J connectivity index is 2.89. The van der Waals surface area contributed by atoms with Crippen LogP contribution in [0.2, 0.25) is 0 Å². The number of nitrogens with one attached hydrogen (secondary N) is 2. The van der Waals surface area contributed by atoms with E-state index in [-0.39, 0.29) is 12.6 Å². The van der Waals surface area contributed by atoms with E-state index in [1.54, 1.807) is 14.2 Å². The zero-order valence-electron chi connectivity index (χ0n) is 11.4. The summed E-state index contributed by atoms with van der Waals surface area (Å²) in [6, 6.07) is 1.78. The molecule has 1 aromatic heterocycles. The molecule has 1 rings (SSSR count). The maximum Gasteiger partial charge on any atom is 0.158 e. The molecule has 0 aliphatic rings. The van der Waals surface area contributed by atoms with E-state index in [1.807, 2.05) is 19.9 Å². The first-order valence-electron chi connectivity index (χ1n) is 6.02. The summed E-state index contributed by atoms with van der Waals surface area (Å²) in [6.45, 7) is 4.51. The fraction of sp³-hybridized carbons (Fsp3) is 0.667. The van der Waals surface area contributed by atoms with Crippen LogP contribution in [-0.4, -0.2) is 41.9 Å². The van der Waals surface area contributed by atoms with Gasteiger partial charge in [-0.15, -0.1) is 0 Å². The van der Waals surface area contributed by atoms with Crippen molar-refractivity contribution in [1.29, 1.82) is 0 Å². The number of anilines is 2. The molecule has 0 saturated carbocycles. The van der Waals surface area contributed by atoms with Crippen molar-refractivity contribution in [3.8, 4) is 0 Å². The molecule has 102 valence electrons. The summed E-state index contributed by atoms with van der Waals surface area (Å²) >= 11 is 0. The molecule has 1 heterocycles. The van der Waals surface area contributed by atoms with Crippen molar-refractivity contribution in [2.75, 3.05) is 31.4 Å². The number of rotatable bonds is 7. The summed E-state index contributed by atoms with van der Waals surface area (Å²) in [5.41, 5.74) is 0. The van der Waals surface area contributed by atoms with Crippen LogP contribution in [0.1, 0.15) is 19.7 Å². The predicted molar refractivity (Wildman–Crippen MR) is 71.6 cm³/mol. The molecule has 6 heteroatoms. The molecule has 0 fully saturated rings. The first kappa shape index (κ1) is 14.7. The minimum absolute atomic E-state index is 0.0278. The van der Waals surface area contributed by atoms with E-state index in [2.05, 4.69) is 20.6 Å². The topological polar surface area (TPSA) is 79.3 Å². The monoisotopic (exact) mass is 254 g/mol. The van der Waals surface area contributed by atoms with E-state index < -0.39 is 0 Å². The Bertz CT molecular complexity index is 371. The van der Waals surface area contributed by atoms with Gasteiger partial charge in [-0.25, -0.2) is 9.97 Å². The van der Waals surface area contributed by atoms with Crippen LogP contribution in [0.4, 0.5) is 11.6 Å². The molecule has 0 radical (unpaired) electrons. The second kappa shape index (κ2) is 7.13. The summed E-state index contributed by atoms with van der Waals surface area (Å²) in [5, 5.41) is 15.5. The number of nitrogens with zero attached hydrogens (tertiary/aromatic N) is 2. The van der Waals surface area contributed by atoms with E-state index in [4.69, 9.17) is 4.74 Å². The number of aromatic nitrogens is 2.